The molecule has 0 bridgehead atoms. The van der Waals surface area contributed by atoms with Gasteiger partial charge >= 0.3 is 6.18 Å². The summed E-state index contributed by atoms with van der Waals surface area (Å²) in [6.07, 6.45) is -4.50. The first-order valence-electron chi connectivity index (χ1n) is 5.64. The Morgan fingerprint density at radius 3 is 2.35 bits per heavy atom. The highest BCUT2D eigenvalue weighted by atomic mass is 35.5. The van der Waals surface area contributed by atoms with Crippen LogP contribution >= 0.6 is 11.6 Å². The van der Waals surface area contributed by atoms with E-state index in [1.54, 1.807) is 13.8 Å². The second-order valence-corrected chi connectivity index (χ2v) is 4.50. The first-order valence-corrected chi connectivity index (χ1v) is 6.02. The van der Waals surface area contributed by atoms with E-state index < -0.39 is 11.7 Å². The minimum Gasteiger partial charge on any atom is -0.437 e. The number of ether oxygens (including phenoxy) is 1. The highest BCUT2D eigenvalue weighted by Gasteiger charge is 2.34. The van der Waals surface area contributed by atoms with Crippen molar-refractivity contribution < 1.29 is 17.9 Å². The fourth-order valence-corrected chi connectivity index (χ4v) is 1.72. The summed E-state index contributed by atoms with van der Waals surface area (Å²) in [4.78, 5) is 0. The van der Waals surface area contributed by atoms with Gasteiger partial charge in [0.2, 0.25) is 5.88 Å². The standard InChI is InChI=1S/C13H10ClF3N2O/c1-7-8(2)12(19-18-11(7)14)20-10-6-4-3-5-9(10)13(15,16)17/h3-6H,1-2H3. The number of para-hydroxylation sites is 1. The SMILES string of the molecule is Cc1c(Cl)nnc(Oc2ccccc2C(F)(F)F)c1C. The van der Waals surface area contributed by atoms with Crippen LogP contribution in [0.3, 0.4) is 0 Å². The van der Waals surface area contributed by atoms with Crippen LogP contribution in [0.2, 0.25) is 5.15 Å². The Bertz CT molecular complexity index is 644. The van der Waals surface area contributed by atoms with Crippen LogP contribution in [0.25, 0.3) is 0 Å². The number of nitrogens with zero attached hydrogens (tertiary/aromatic N) is 2. The minimum absolute atomic E-state index is 0.00333. The number of hydrogen-bond acceptors (Lipinski definition) is 3. The van der Waals surface area contributed by atoms with Gasteiger partial charge in [-0.1, -0.05) is 23.7 Å². The molecule has 0 fully saturated rings. The minimum atomic E-state index is -4.50. The molecule has 2 rings (SSSR count). The lowest BCUT2D eigenvalue weighted by Gasteiger charge is -2.14. The fraction of sp³-hybridized carbons (Fsp3) is 0.231. The summed E-state index contributed by atoms with van der Waals surface area (Å²) in [5.41, 5.74) is 0.289. The molecule has 0 atom stereocenters. The van der Waals surface area contributed by atoms with Gasteiger partial charge in [-0.25, -0.2) is 0 Å². The Kier molecular flexibility index (Phi) is 3.85. The molecule has 0 aliphatic carbocycles. The van der Waals surface area contributed by atoms with Gasteiger partial charge in [-0.3, -0.25) is 0 Å². The number of halogens is 4. The predicted octanol–water partition coefficient (Wildman–Crippen LogP) is 4.56. The number of rotatable bonds is 2. The van der Waals surface area contributed by atoms with Crippen molar-refractivity contribution in [3.8, 4) is 11.6 Å². The number of benzene rings is 1. The predicted molar refractivity (Wildman–Crippen MR) is 68.0 cm³/mol. The molecule has 1 aromatic heterocycles. The molecule has 7 heteroatoms. The molecule has 0 saturated carbocycles. The Labute approximate surface area is 118 Å². The third kappa shape index (κ3) is 2.85. The Morgan fingerprint density at radius 2 is 1.70 bits per heavy atom. The molecule has 0 aliphatic rings. The van der Waals surface area contributed by atoms with Crippen LogP contribution in [0.4, 0.5) is 13.2 Å². The van der Waals surface area contributed by atoms with Crippen LogP contribution in [0.1, 0.15) is 16.7 Å². The van der Waals surface area contributed by atoms with E-state index in [0.717, 1.165) is 6.07 Å². The van der Waals surface area contributed by atoms with Crippen LogP contribution in [0, 0.1) is 13.8 Å². The van der Waals surface area contributed by atoms with Gasteiger partial charge in [-0.15, -0.1) is 10.2 Å². The second-order valence-electron chi connectivity index (χ2n) is 4.14. The van der Waals surface area contributed by atoms with Crippen molar-refractivity contribution in [2.45, 2.75) is 20.0 Å². The third-order valence-electron chi connectivity index (χ3n) is 2.82. The van der Waals surface area contributed by atoms with Crippen molar-refractivity contribution in [1.29, 1.82) is 0 Å². The lowest BCUT2D eigenvalue weighted by Crippen LogP contribution is -2.08. The third-order valence-corrected chi connectivity index (χ3v) is 3.18. The maximum Gasteiger partial charge on any atom is 0.419 e. The molecule has 3 nitrogen and oxygen atoms in total. The van der Waals surface area contributed by atoms with Gasteiger partial charge in [-0.2, -0.15) is 13.2 Å². The lowest BCUT2D eigenvalue weighted by molar-refractivity contribution is -0.138. The van der Waals surface area contributed by atoms with Gasteiger partial charge in [0.1, 0.15) is 5.75 Å². The van der Waals surface area contributed by atoms with E-state index in [2.05, 4.69) is 10.2 Å². The highest BCUT2D eigenvalue weighted by Crippen LogP contribution is 2.38. The molecular formula is C13H10ClF3N2O. The summed E-state index contributed by atoms with van der Waals surface area (Å²) in [7, 11) is 0. The molecule has 0 saturated heterocycles. The summed E-state index contributed by atoms with van der Waals surface area (Å²) in [5, 5.41) is 7.52. The van der Waals surface area contributed by atoms with Crippen molar-refractivity contribution >= 4 is 11.6 Å². The number of hydrogen-bond donors (Lipinski definition) is 0. The molecule has 0 aliphatic heterocycles. The van der Waals surface area contributed by atoms with Gasteiger partial charge in [-0.05, 0) is 31.5 Å². The van der Waals surface area contributed by atoms with Crippen molar-refractivity contribution in [3.63, 3.8) is 0 Å². The van der Waals surface area contributed by atoms with E-state index in [9.17, 15) is 13.2 Å². The van der Waals surface area contributed by atoms with Crippen molar-refractivity contribution in [1.82, 2.24) is 10.2 Å². The quantitative estimate of drug-likeness (QED) is 0.816. The zero-order valence-corrected chi connectivity index (χ0v) is 11.4. The van der Waals surface area contributed by atoms with Crippen molar-refractivity contribution in [2.75, 3.05) is 0 Å². The Balaban J connectivity index is 2.44. The topological polar surface area (TPSA) is 35.0 Å². The molecule has 0 N–H and O–H groups in total. The van der Waals surface area contributed by atoms with E-state index in [0.29, 0.717) is 11.1 Å². The Hall–Kier alpha value is -1.82. The number of aromatic nitrogens is 2. The molecule has 0 amide bonds. The molecule has 2 aromatic rings. The molecule has 1 aromatic carbocycles. The fourth-order valence-electron chi connectivity index (χ4n) is 1.55. The summed E-state index contributed by atoms with van der Waals surface area (Å²) in [6.45, 7) is 3.34. The average molecular weight is 303 g/mol. The van der Waals surface area contributed by atoms with E-state index in [1.165, 1.54) is 18.2 Å². The second kappa shape index (κ2) is 5.28. The van der Waals surface area contributed by atoms with E-state index in [-0.39, 0.29) is 16.8 Å². The molecule has 0 unspecified atom stereocenters. The highest BCUT2D eigenvalue weighted by molar-refractivity contribution is 6.30. The van der Waals surface area contributed by atoms with E-state index >= 15 is 0 Å². The maximum atomic E-state index is 12.9. The maximum absolute atomic E-state index is 12.9. The largest absolute Gasteiger partial charge is 0.437 e. The van der Waals surface area contributed by atoms with Crippen LogP contribution in [0.5, 0.6) is 11.6 Å². The molecule has 106 valence electrons. The van der Waals surface area contributed by atoms with Crippen LogP contribution < -0.4 is 4.74 Å². The van der Waals surface area contributed by atoms with Gasteiger partial charge in [0.05, 0.1) is 5.56 Å². The lowest BCUT2D eigenvalue weighted by atomic mass is 10.2. The first-order chi connectivity index (χ1) is 9.30. The van der Waals surface area contributed by atoms with Crippen LogP contribution in [-0.2, 0) is 6.18 Å². The van der Waals surface area contributed by atoms with E-state index in [4.69, 9.17) is 16.3 Å². The van der Waals surface area contributed by atoms with Crippen molar-refractivity contribution in [2.24, 2.45) is 0 Å². The monoisotopic (exact) mass is 302 g/mol. The average Bonchev–Trinajstić information content (AvgIpc) is 2.39. The molecule has 0 radical (unpaired) electrons. The summed E-state index contributed by atoms with van der Waals surface area (Å²) >= 11 is 5.78. The summed E-state index contributed by atoms with van der Waals surface area (Å²) in [5.74, 6) is -0.317. The molecule has 1 heterocycles. The molecule has 20 heavy (non-hydrogen) atoms. The first kappa shape index (κ1) is 14.6. The molecule has 0 spiro atoms. The zero-order valence-electron chi connectivity index (χ0n) is 10.6. The zero-order chi connectivity index (χ0) is 14.9. The smallest absolute Gasteiger partial charge is 0.419 e. The summed E-state index contributed by atoms with van der Waals surface area (Å²) in [6, 6.07) is 4.92. The Morgan fingerprint density at radius 1 is 1.05 bits per heavy atom. The van der Waals surface area contributed by atoms with Crippen LogP contribution in [-0.4, -0.2) is 10.2 Å². The van der Waals surface area contributed by atoms with Gasteiger partial charge in [0.25, 0.3) is 0 Å². The number of alkyl halides is 3. The van der Waals surface area contributed by atoms with Crippen LogP contribution in [0.15, 0.2) is 24.3 Å². The molecular weight excluding hydrogens is 293 g/mol. The van der Waals surface area contributed by atoms with Gasteiger partial charge in [0, 0.05) is 5.56 Å². The van der Waals surface area contributed by atoms with Gasteiger partial charge < -0.3 is 4.74 Å². The van der Waals surface area contributed by atoms with Crippen molar-refractivity contribution in [3.05, 3.63) is 46.1 Å². The normalized spacial score (nSPS) is 11.5. The van der Waals surface area contributed by atoms with Gasteiger partial charge in [0.15, 0.2) is 5.15 Å². The van der Waals surface area contributed by atoms with E-state index in [1.807, 2.05) is 0 Å². The summed E-state index contributed by atoms with van der Waals surface area (Å²) < 4.78 is 43.8.